The molecule has 0 saturated carbocycles. The number of thioether (sulfide) groups is 1. The number of ether oxygens (including phenoxy) is 1. The Morgan fingerprint density at radius 2 is 2.04 bits per heavy atom. The second kappa shape index (κ2) is 8.73. The summed E-state index contributed by atoms with van der Waals surface area (Å²) in [5, 5.41) is 11.7. The fourth-order valence-corrected chi connectivity index (χ4v) is 2.86. The molecule has 0 fully saturated rings. The standard InChI is InChI=1S/C18H16ClN3O3S/c1-24-15-4-2-3-12(9-15)10-20-16(23)11-26-18-22-21-17(25-18)13-5-7-14(19)8-6-13/h2-9H,10-11H2,1H3,(H,20,23). The first-order valence-corrected chi connectivity index (χ1v) is 9.12. The highest BCUT2D eigenvalue weighted by atomic mass is 35.5. The zero-order valence-electron chi connectivity index (χ0n) is 13.9. The maximum atomic E-state index is 12.0. The van der Waals surface area contributed by atoms with Crippen LogP contribution in [-0.2, 0) is 11.3 Å². The van der Waals surface area contributed by atoms with E-state index in [1.165, 1.54) is 11.8 Å². The Balaban J connectivity index is 1.49. The van der Waals surface area contributed by atoms with Crippen LogP contribution in [0.15, 0.2) is 58.2 Å². The molecule has 0 saturated heterocycles. The first-order chi connectivity index (χ1) is 12.6. The van der Waals surface area contributed by atoms with Gasteiger partial charge in [-0.25, -0.2) is 0 Å². The second-order valence-corrected chi connectivity index (χ2v) is 6.66. The van der Waals surface area contributed by atoms with E-state index >= 15 is 0 Å². The van der Waals surface area contributed by atoms with Crippen LogP contribution < -0.4 is 10.1 Å². The number of methoxy groups -OCH3 is 1. The molecular formula is C18H16ClN3O3S. The molecule has 26 heavy (non-hydrogen) atoms. The first kappa shape index (κ1) is 18.3. The molecule has 1 heterocycles. The highest BCUT2D eigenvalue weighted by Gasteiger charge is 2.11. The van der Waals surface area contributed by atoms with Gasteiger partial charge in [-0.05, 0) is 42.0 Å². The van der Waals surface area contributed by atoms with Crippen molar-refractivity contribution in [1.29, 1.82) is 0 Å². The molecule has 0 atom stereocenters. The third-order valence-electron chi connectivity index (χ3n) is 3.45. The van der Waals surface area contributed by atoms with Crippen LogP contribution in [0.25, 0.3) is 11.5 Å². The average molecular weight is 390 g/mol. The van der Waals surface area contributed by atoms with Gasteiger partial charge in [-0.3, -0.25) is 4.79 Å². The average Bonchev–Trinajstić information content (AvgIpc) is 3.14. The van der Waals surface area contributed by atoms with E-state index in [9.17, 15) is 4.79 Å². The van der Waals surface area contributed by atoms with Crippen molar-refractivity contribution in [2.45, 2.75) is 11.8 Å². The zero-order valence-corrected chi connectivity index (χ0v) is 15.5. The molecule has 2 aromatic carbocycles. The lowest BCUT2D eigenvalue weighted by molar-refractivity contribution is -0.118. The molecule has 3 aromatic rings. The predicted molar refractivity (Wildman–Crippen MR) is 100 cm³/mol. The van der Waals surface area contributed by atoms with Crippen molar-refractivity contribution in [1.82, 2.24) is 15.5 Å². The molecule has 1 amide bonds. The maximum Gasteiger partial charge on any atom is 0.277 e. The summed E-state index contributed by atoms with van der Waals surface area (Å²) in [5.41, 5.74) is 1.74. The molecular weight excluding hydrogens is 374 g/mol. The van der Waals surface area contributed by atoms with Gasteiger partial charge < -0.3 is 14.5 Å². The summed E-state index contributed by atoms with van der Waals surface area (Å²) in [6.45, 7) is 0.427. The molecule has 0 spiro atoms. The minimum atomic E-state index is -0.121. The van der Waals surface area contributed by atoms with E-state index < -0.39 is 0 Å². The van der Waals surface area contributed by atoms with E-state index in [-0.39, 0.29) is 11.7 Å². The fourth-order valence-electron chi connectivity index (χ4n) is 2.14. The number of benzene rings is 2. The summed E-state index contributed by atoms with van der Waals surface area (Å²) < 4.78 is 10.7. The normalized spacial score (nSPS) is 10.5. The van der Waals surface area contributed by atoms with E-state index in [4.69, 9.17) is 20.8 Å². The molecule has 134 valence electrons. The van der Waals surface area contributed by atoms with E-state index in [1.54, 1.807) is 31.4 Å². The van der Waals surface area contributed by atoms with Gasteiger partial charge in [0.05, 0.1) is 12.9 Å². The van der Waals surface area contributed by atoms with Crippen molar-refractivity contribution in [2.75, 3.05) is 12.9 Å². The van der Waals surface area contributed by atoms with Crippen molar-refractivity contribution in [3.05, 3.63) is 59.1 Å². The molecule has 0 aliphatic rings. The molecule has 6 nitrogen and oxygen atoms in total. The third-order valence-corrected chi connectivity index (χ3v) is 4.52. The van der Waals surface area contributed by atoms with Crippen LogP contribution in [0.5, 0.6) is 5.75 Å². The maximum absolute atomic E-state index is 12.0. The largest absolute Gasteiger partial charge is 0.497 e. The van der Waals surface area contributed by atoms with Crippen LogP contribution in [0, 0.1) is 0 Å². The number of aromatic nitrogens is 2. The molecule has 0 radical (unpaired) electrons. The minimum absolute atomic E-state index is 0.121. The zero-order chi connectivity index (χ0) is 18.4. The van der Waals surface area contributed by atoms with Crippen molar-refractivity contribution in [2.24, 2.45) is 0 Å². The second-order valence-electron chi connectivity index (χ2n) is 5.30. The predicted octanol–water partition coefficient (Wildman–Crippen LogP) is 3.81. The SMILES string of the molecule is COc1cccc(CNC(=O)CSc2nnc(-c3ccc(Cl)cc3)o2)c1. The molecule has 3 rings (SSSR count). The quantitative estimate of drug-likeness (QED) is 0.619. The van der Waals surface area contributed by atoms with Crippen molar-refractivity contribution < 1.29 is 13.9 Å². The highest BCUT2D eigenvalue weighted by Crippen LogP contribution is 2.24. The number of carbonyl (C=O) groups excluding carboxylic acids is 1. The van der Waals surface area contributed by atoms with Gasteiger partial charge in [-0.15, -0.1) is 10.2 Å². The molecule has 0 bridgehead atoms. The van der Waals surface area contributed by atoms with E-state index in [2.05, 4.69) is 15.5 Å². The molecule has 0 unspecified atom stereocenters. The van der Waals surface area contributed by atoms with E-state index in [1.807, 2.05) is 24.3 Å². The Hall–Kier alpha value is -2.51. The van der Waals surface area contributed by atoms with Gasteiger partial charge in [0, 0.05) is 17.1 Å². The first-order valence-electron chi connectivity index (χ1n) is 7.76. The van der Waals surface area contributed by atoms with Crippen LogP contribution in [0.4, 0.5) is 0 Å². The lowest BCUT2D eigenvalue weighted by atomic mass is 10.2. The number of halogens is 1. The summed E-state index contributed by atoms with van der Waals surface area (Å²) in [5.74, 6) is 1.21. The number of nitrogens with zero attached hydrogens (tertiary/aromatic N) is 2. The number of hydrogen-bond acceptors (Lipinski definition) is 6. The van der Waals surface area contributed by atoms with Crippen LogP contribution in [0.3, 0.4) is 0 Å². The van der Waals surface area contributed by atoms with Crippen molar-refractivity contribution in [3.8, 4) is 17.2 Å². The topological polar surface area (TPSA) is 77.2 Å². The summed E-state index contributed by atoms with van der Waals surface area (Å²) in [6.07, 6.45) is 0. The van der Waals surface area contributed by atoms with Gasteiger partial charge in [-0.1, -0.05) is 35.5 Å². The van der Waals surface area contributed by atoms with Crippen molar-refractivity contribution in [3.63, 3.8) is 0 Å². The fraction of sp³-hybridized carbons (Fsp3) is 0.167. The smallest absolute Gasteiger partial charge is 0.277 e. The number of rotatable bonds is 7. The Kier molecular flexibility index (Phi) is 6.14. The lowest BCUT2D eigenvalue weighted by Gasteiger charge is -2.06. The molecule has 0 aliphatic carbocycles. The van der Waals surface area contributed by atoms with Gasteiger partial charge in [0.15, 0.2) is 0 Å². The van der Waals surface area contributed by atoms with Gasteiger partial charge in [0.1, 0.15) is 5.75 Å². The van der Waals surface area contributed by atoms with Crippen LogP contribution in [0.1, 0.15) is 5.56 Å². The highest BCUT2D eigenvalue weighted by molar-refractivity contribution is 7.99. The van der Waals surface area contributed by atoms with Crippen LogP contribution in [-0.4, -0.2) is 29.0 Å². The van der Waals surface area contributed by atoms with Crippen LogP contribution >= 0.6 is 23.4 Å². The number of amides is 1. The summed E-state index contributed by atoms with van der Waals surface area (Å²) >= 11 is 7.04. The van der Waals surface area contributed by atoms with E-state index in [0.29, 0.717) is 22.7 Å². The number of nitrogens with one attached hydrogen (secondary N) is 1. The molecule has 1 N–H and O–H groups in total. The molecule has 1 aromatic heterocycles. The Morgan fingerprint density at radius 1 is 1.23 bits per heavy atom. The summed E-state index contributed by atoms with van der Waals surface area (Å²) in [6, 6.07) is 14.6. The third kappa shape index (κ3) is 5.00. The number of hydrogen-bond donors (Lipinski definition) is 1. The van der Waals surface area contributed by atoms with Gasteiger partial charge >= 0.3 is 0 Å². The summed E-state index contributed by atoms with van der Waals surface area (Å²) in [7, 11) is 1.61. The lowest BCUT2D eigenvalue weighted by Crippen LogP contribution is -2.24. The van der Waals surface area contributed by atoms with Crippen molar-refractivity contribution >= 4 is 29.3 Å². The van der Waals surface area contributed by atoms with Gasteiger partial charge in [0.2, 0.25) is 11.8 Å². The number of carbonyl (C=O) groups is 1. The monoisotopic (exact) mass is 389 g/mol. The van der Waals surface area contributed by atoms with Gasteiger partial charge in [0.25, 0.3) is 5.22 Å². The summed E-state index contributed by atoms with van der Waals surface area (Å²) in [4.78, 5) is 12.0. The Morgan fingerprint density at radius 3 is 2.81 bits per heavy atom. The molecule has 0 aliphatic heterocycles. The Bertz CT molecular complexity index is 883. The van der Waals surface area contributed by atoms with Crippen LogP contribution in [0.2, 0.25) is 5.02 Å². The Labute approximate surface area is 159 Å². The molecule has 8 heteroatoms. The van der Waals surface area contributed by atoms with Gasteiger partial charge in [-0.2, -0.15) is 0 Å². The van der Waals surface area contributed by atoms with E-state index in [0.717, 1.165) is 16.9 Å². The minimum Gasteiger partial charge on any atom is -0.497 e.